The van der Waals surface area contributed by atoms with E-state index in [0.29, 0.717) is 5.89 Å². The Morgan fingerprint density at radius 1 is 1.25 bits per heavy atom. The number of benzene rings is 1. The highest BCUT2D eigenvalue weighted by atomic mass is 16.3. The highest BCUT2D eigenvalue weighted by Gasteiger charge is 2.15. The molecule has 0 aliphatic carbocycles. The fourth-order valence-electron chi connectivity index (χ4n) is 2.49. The Labute approximate surface area is 117 Å². The smallest absolute Gasteiger partial charge is 0.192 e. The highest BCUT2D eigenvalue weighted by Crippen LogP contribution is 2.27. The SMILES string of the molecule is CNCC(c1cccnc1)c1ccc2nc(C)oc2c1. The molecule has 0 bridgehead atoms. The van der Waals surface area contributed by atoms with Gasteiger partial charge in [0, 0.05) is 31.8 Å². The molecular weight excluding hydrogens is 250 g/mol. The van der Waals surface area contributed by atoms with Crippen LogP contribution in [0.5, 0.6) is 0 Å². The molecule has 4 heteroatoms. The number of likely N-dealkylation sites (N-methyl/N-ethyl adjacent to an activating group) is 1. The minimum Gasteiger partial charge on any atom is -0.441 e. The minimum atomic E-state index is 0.253. The number of hydrogen-bond acceptors (Lipinski definition) is 4. The Balaban J connectivity index is 2.04. The summed E-state index contributed by atoms with van der Waals surface area (Å²) in [5, 5.41) is 3.24. The van der Waals surface area contributed by atoms with Crippen molar-refractivity contribution in [2.75, 3.05) is 13.6 Å². The average molecular weight is 267 g/mol. The predicted octanol–water partition coefficient (Wildman–Crippen LogP) is 2.88. The molecule has 0 radical (unpaired) electrons. The maximum Gasteiger partial charge on any atom is 0.192 e. The summed E-state index contributed by atoms with van der Waals surface area (Å²) in [4.78, 5) is 8.55. The van der Waals surface area contributed by atoms with Crippen molar-refractivity contribution >= 4 is 11.1 Å². The summed E-state index contributed by atoms with van der Waals surface area (Å²) in [6, 6.07) is 10.3. The normalized spacial score (nSPS) is 12.7. The minimum absolute atomic E-state index is 0.253. The molecule has 3 aromatic rings. The second-order valence-corrected chi connectivity index (χ2v) is 4.86. The Hall–Kier alpha value is -2.20. The lowest BCUT2D eigenvalue weighted by Crippen LogP contribution is -2.18. The molecular formula is C16H17N3O. The number of nitrogens with one attached hydrogen (secondary N) is 1. The molecule has 2 aromatic heterocycles. The first-order valence-electron chi connectivity index (χ1n) is 6.69. The molecule has 0 aliphatic rings. The van der Waals surface area contributed by atoms with Crippen LogP contribution in [0.15, 0.2) is 47.1 Å². The van der Waals surface area contributed by atoms with Crippen LogP contribution in [0.2, 0.25) is 0 Å². The van der Waals surface area contributed by atoms with Gasteiger partial charge in [-0.05, 0) is 36.4 Å². The lowest BCUT2D eigenvalue weighted by Gasteiger charge is -2.17. The topological polar surface area (TPSA) is 51.0 Å². The van der Waals surface area contributed by atoms with E-state index >= 15 is 0 Å². The van der Waals surface area contributed by atoms with Gasteiger partial charge in [-0.15, -0.1) is 0 Å². The summed E-state index contributed by atoms with van der Waals surface area (Å²) in [6.07, 6.45) is 3.71. The standard InChI is InChI=1S/C16H17N3O/c1-11-19-15-6-5-12(8-16(15)20-11)14(10-17-2)13-4-3-7-18-9-13/h3-9,14,17H,10H2,1-2H3. The van der Waals surface area contributed by atoms with Crippen LogP contribution in [0.1, 0.15) is 22.9 Å². The molecule has 1 atom stereocenters. The number of nitrogens with zero attached hydrogens (tertiary/aromatic N) is 2. The fraction of sp³-hybridized carbons (Fsp3) is 0.250. The summed E-state index contributed by atoms with van der Waals surface area (Å²) in [5.41, 5.74) is 4.14. The Morgan fingerprint density at radius 3 is 2.90 bits per heavy atom. The summed E-state index contributed by atoms with van der Waals surface area (Å²) < 4.78 is 5.63. The van der Waals surface area contributed by atoms with E-state index in [9.17, 15) is 0 Å². The first kappa shape index (κ1) is 12.8. The lowest BCUT2D eigenvalue weighted by atomic mass is 9.92. The van der Waals surface area contributed by atoms with Crippen LogP contribution in [0, 0.1) is 6.92 Å². The van der Waals surface area contributed by atoms with Gasteiger partial charge in [0.25, 0.3) is 0 Å². The lowest BCUT2D eigenvalue weighted by molar-refractivity contribution is 0.560. The summed E-state index contributed by atoms with van der Waals surface area (Å²) >= 11 is 0. The van der Waals surface area contributed by atoms with E-state index in [1.807, 2.05) is 32.3 Å². The number of hydrogen-bond donors (Lipinski definition) is 1. The quantitative estimate of drug-likeness (QED) is 0.789. The summed E-state index contributed by atoms with van der Waals surface area (Å²) in [7, 11) is 1.96. The van der Waals surface area contributed by atoms with Crippen LogP contribution in [-0.4, -0.2) is 23.6 Å². The van der Waals surface area contributed by atoms with Crippen LogP contribution in [0.25, 0.3) is 11.1 Å². The van der Waals surface area contributed by atoms with Gasteiger partial charge in [0.05, 0.1) is 0 Å². The van der Waals surface area contributed by atoms with Gasteiger partial charge in [-0.2, -0.15) is 0 Å². The van der Waals surface area contributed by atoms with Crippen LogP contribution >= 0.6 is 0 Å². The maximum absolute atomic E-state index is 5.63. The molecule has 4 nitrogen and oxygen atoms in total. The number of pyridine rings is 1. The van der Waals surface area contributed by atoms with E-state index in [0.717, 1.165) is 17.6 Å². The van der Waals surface area contributed by atoms with Crippen molar-refractivity contribution in [3.8, 4) is 0 Å². The van der Waals surface area contributed by atoms with Crippen molar-refractivity contribution in [1.29, 1.82) is 0 Å². The van der Waals surface area contributed by atoms with Crippen molar-refractivity contribution < 1.29 is 4.42 Å². The van der Waals surface area contributed by atoms with Crippen molar-refractivity contribution in [3.63, 3.8) is 0 Å². The molecule has 3 rings (SSSR count). The van der Waals surface area contributed by atoms with Crippen molar-refractivity contribution in [3.05, 3.63) is 59.7 Å². The van der Waals surface area contributed by atoms with Crippen LogP contribution < -0.4 is 5.32 Å². The van der Waals surface area contributed by atoms with Crippen molar-refractivity contribution in [1.82, 2.24) is 15.3 Å². The third-order valence-electron chi connectivity index (χ3n) is 3.42. The molecule has 1 aromatic carbocycles. The van der Waals surface area contributed by atoms with E-state index in [-0.39, 0.29) is 5.92 Å². The van der Waals surface area contributed by atoms with Gasteiger partial charge in [-0.25, -0.2) is 4.98 Å². The molecule has 20 heavy (non-hydrogen) atoms. The van der Waals surface area contributed by atoms with E-state index in [4.69, 9.17) is 4.42 Å². The van der Waals surface area contributed by atoms with Gasteiger partial charge in [0.2, 0.25) is 0 Å². The first-order chi connectivity index (χ1) is 9.78. The third-order valence-corrected chi connectivity index (χ3v) is 3.42. The number of aromatic nitrogens is 2. The Kier molecular flexibility index (Phi) is 3.48. The highest BCUT2D eigenvalue weighted by molar-refractivity contribution is 5.73. The van der Waals surface area contributed by atoms with Gasteiger partial charge in [0.15, 0.2) is 11.5 Å². The first-order valence-corrected chi connectivity index (χ1v) is 6.69. The molecule has 0 spiro atoms. The van der Waals surface area contributed by atoms with Gasteiger partial charge in [0.1, 0.15) is 5.52 Å². The second kappa shape index (κ2) is 5.43. The Bertz CT molecular complexity index is 706. The molecule has 2 heterocycles. The number of aryl methyl sites for hydroxylation is 1. The molecule has 1 N–H and O–H groups in total. The Morgan fingerprint density at radius 2 is 2.15 bits per heavy atom. The molecule has 0 amide bonds. The van der Waals surface area contributed by atoms with E-state index in [2.05, 4.69) is 33.5 Å². The monoisotopic (exact) mass is 267 g/mol. The molecule has 0 saturated heterocycles. The van der Waals surface area contributed by atoms with E-state index < -0.39 is 0 Å². The average Bonchev–Trinajstić information content (AvgIpc) is 2.84. The summed E-state index contributed by atoms with van der Waals surface area (Å²) in [6.45, 7) is 2.72. The van der Waals surface area contributed by atoms with Gasteiger partial charge >= 0.3 is 0 Å². The zero-order chi connectivity index (χ0) is 13.9. The van der Waals surface area contributed by atoms with Crippen LogP contribution in [-0.2, 0) is 0 Å². The van der Waals surface area contributed by atoms with Gasteiger partial charge < -0.3 is 9.73 Å². The maximum atomic E-state index is 5.63. The molecule has 1 unspecified atom stereocenters. The molecule has 0 aliphatic heterocycles. The number of rotatable bonds is 4. The summed E-state index contributed by atoms with van der Waals surface area (Å²) in [5.74, 6) is 0.951. The fourth-order valence-corrected chi connectivity index (χ4v) is 2.49. The van der Waals surface area contributed by atoms with Gasteiger partial charge in [-0.1, -0.05) is 12.1 Å². The zero-order valence-electron chi connectivity index (χ0n) is 11.6. The molecule has 0 saturated carbocycles. The van der Waals surface area contributed by atoms with E-state index in [1.165, 1.54) is 11.1 Å². The number of oxazole rings is 1. The zero-order valence-corrected chi connectivity index (χ0v) is 11.6. The van der Waals surface area contributed by atoms with Gasteiger partial charge in [-0.3, -0.25) is 4.98 Å². The largest absolute Gasteiger partial charge is 0.441 e. The van der Waals surface area contributed by atoms with Crippen molar-refractivity contribution in [2.24, 2.45) is 0 Å². The second-order valence-electron chi connectivity index (χ2n) is 4.86. The molecule has 0 fully saturated rings. The predicted molar refractivity (Wildman–Crippen MR) is 78.8 cm³/mol. The number of fused-ring (bicyclic) bond motifs is 1. The van der Waals surface area contributed by atoms with Crippen molar-refractivity contribution in [2.45, 2.75) is 12.8 Å². The van der Waals surface area contributed by atoms with E-state index in [1.54, 1.807) is 6.20 Å². The van der Waals surface area contributed by atoms with Crippen LogP contribution in [0.4, 0.5) is 0 Å². The molecule has 102 valence electrons. The third kappa shape index (κ3) is 2.42. The van der Waals surface area contributed by atoms with Crippen LogP contribution in [0.3, 0.4) is 0 Å².